The van der Waals surface area contributed by atoms with Crippen molar-refractivity contribution in [1.82, 2.24) is 4.98 Å². The fourth-order valence-electron chi connectivity index (χ4n) is 1.28. The summed E-state index contributed by atoms with van der Waals surface area (Å²) in [6.45, 7) is 3.47. The van der Waals surface area contributed by atoms with Crippen LogP contribution in [0.25, 0.3) is 6.08 Å². The van der Waals surface area contributed by atoms with Crippen molar-refractivity contribution in [2.75, 3.05) is 6.61 Å². The molecule has 4 heteroatoms. The third kappa shape index (κ3) is 4.59. The average Bonchev–Trinajstić information content (AvgIpc) is 2.29. The second-order valence-electron chi connectivity index (χ2n) is 3.46. The number of nitrogens with zero attached hydrogens (tertiary/aromatic N) is 1. The predicted molar refractivity (Wildman–Crippen MR) is 64.1 cm³/mol. The van der Waals surface area contributed by atoms with Crippen molar-refractivity contribution in [3.8, 4) is 0 Å². The van der Waals surface area contributed by atoms with Gasteiger partial charge in [0.05, 0.1) is 18.7 Å². The Labute approximate surface area is 100 Å². The molecule has 0 aliphatic heterocycles. The average molecular weight is 233 g/mol. The molecular weight excluding hydrogens is 218 g/mol. The molecule has 0 N–H and O–H groups in total. The molecule has 0 aliphatic carbocycles. The normalized spacial score (nSPS) is 11.1. The van der Waals surface area contributed by atoms with Gasteiger partial charge >= 0.3 is 5.97 Å². The molecule has 0 amide bonds. The van der Waals surface area contributed by atoms with E-state index in [1.165, 1.54) is 6.92 Å². The summed E-state index contributed by atoms with van der Waals surface area (Å²) in [5.41, 5.74) is 1.06. The number of carbonyl (C=O) groups excluding carboxylic acids is 2. The monoisotopic (exact) mass is 233 g/mol. The van der Waals surface area contributed by atoms with Crippen LogP contribution in [0.2, 0.25) is 0 Å². The Kier molecular flexibility index (Phi) is 5.07. The molecule has 17 heavy (non-hydrogen) atoms. The van der Waals surface area contributed by atoms with Gasteiger partial charge in [-0.05, 0) is 32.1 Å². The van der Waals surface area contributed by atoms with Gasteiger partial charge in [-0.1, -0.05) is 6.07 Å². The standard InChI is InChI=1S/C13H15NO3/c1-3-17-13(16)9-11(10(2)15)8-12-6-4-5-7-14-12/h4-8H,3,9H2,1-2H3. The van der Waals surface area contributed by atoms with E-state index in [9.17, 15) is 9.59 Å². The number of Topliss-reactive ketones (excluding diaryl/α,β-unsaturated/α-hetero) is 1. The maximum absolute atomic E-state index is 11.4. The van der Waals surface area contributed by atoms with Crippen LogP contribution in [0.1, 0.15) is 26.0 Å². The summed E-state index contributed by atoms with van der Waals surface area (Å²) in [6.07, 6.45) is 3.23. The molecule has 0 atom stereocenters. The minimum atomic E-state index is -0.398. The first-order chi connectivity index (χ1) is 8.13. The van der Waals surface area contributed by atoms with E-state index in [2.05, 4.69) is 4.98 Å². The van der Waals surface area contributed by atoms with Crippen LogP contribution in [-0.4, -0.2) is 23.3 Å². The van der Waals surface area contributed by atoms with Crippen molar-refractivity contribution in [3.05, 3.63) is 35.7 Å². The number of rotatable bonds is 5. The molecule has 1 aromatic heterocycles. The van der Waals surface area contributed by atoms with E-state index in [4.69, 9.17) is 4.74 Å². The van der Waals surface area contributed by atoms with Crippen molar-refractivity contribution in [2.24, 2.45) is 0 Å². The van der Waals surface area contributed by atoms with Gasteiger partial charge in [-0.25, -0.2) is 0 Å². The molecule has 0 aliphatic rings. The first-order valence-corrected chi connectivity index (χ1v) is 5.41. The van der Waals surface area contributed by atoms with E-state index in [1.54, 1.807) is 31.3 Å². The molecule has 0 saturated heterocycles. The zero-order chi connectivity index (χ0) is 12.7. The molecule has 90 valence electrons. The van der Waals surface area contributed by atoms with Crippen LogP contribution >= 0.6 is 0 Å². The number of ketones is 1. The highest BCUT2D eigenvalue weighted by Gasteiger charge is 2.11. The number of pyridine rings is 1. The van der Waals surface area contributed by atoms with Gasteiger partial charge in [-0.3, -0.25) is 14.6 Å². The largest absolute Gasteiger partial charge is 0.466 e. The Morgan fingerprint density at radius 1 is 1.41 bits per heavy atom. The first-order valence-electron chi connectivity index (χ1n) is 5.41. The molecule has 0 fully saturated rings. The summed E-state index contributed by atoms with van der Waals surface area (Å²) < 4.78 is 4.81. The summed E-state index contributed by atoms with van der Waals surface area (Å²) in [5.74, 6) is -0.548. The van der Waals surface area contributed by atoms with Gasteiger partial charge in [0.1, 0.15) is 0 Å². The number of aromatic nitrogens is 1. The molecule has 0 radical (unpaired) electrons. The lowest BCUT2D eigenvalue weighted by Crippen LogP contribution is -2.09. The van der Waals surface area contributed by atoms with Crippen LogP contribution < -0.4 is 0 Å². The smallest absolute Gasteiger partial charge is 0.310 e. The van der Waals surface area contributed by atoms with E-state index in [0.29, 0.717) is 17.9 Å². The summed E-state index contributed by atoms with van der Waals surface area (Å²) in [4.78, 5) is 26.8. The Bertz CT molecular complexity index is 424. The van der Waals surface area contributed by atoms with Crippen LogP contribution in [0.4, 0.5) is 0 Å². The van der Waals surface area contributed by atoms with Gasteiger partial charge in [0.2, 0.25) is 0 Å². The van der Waals surface area contributed by atoms with Crippen LogP contribution in [0, 0.1) is 0 Å². The highest BCUT2D eigenvalue weighted by Crippen LogP contribution is 2.10. The quantitative estimate of drug-likeness (QED) is 0.576. The third-order valence-corrected chi connectivity index (χ3v) is 2.10. The minimum Gasteiger partial charge on any atom is -0.466 e. The number of hydrogen-bond donors (Lipinski definition) is 0. The molecule has 1 aromatic rings. The number of carbonyl (C=O) groups is 2. The molecular formula is C13H15NO3. The third-order valence-electron chi connectivity index (χ3n) is 2.10. The van der Waals surface area contributed by atoms with Crippen molar-refractivity contribution in [1.29, 1.82) is 0 Å². The maximum atomic E-state index is 11.4. The fourth-order valence-corrected chi connectivity index (χ4v) is 1.28. The highest BCUT2D eigenvalue weighted by atomic mass is 16.5. The lowest BCUT2D eigenvalue weighted by Gasteiger charge is -2.03. The van der Waals surface area contributed by atoms with Crippen molar-refractivity contribution in [2.45, 2.75) is 20.3 Å². The second-order valence-corrected chi connectivity index (χ2v) is 3.46. The molecule has 1 rings (SSSR count). The summed E-state index contributed by atoms with van der Waals surface area (Å²) in [7, 11) is 0. The van der Waals surface area contributed by atoms with Gasteiger partial charge in [0.15, 0.2) is 5.78 Å². The van der Waals surface area contributed by atoms with Crippen molar-refractivity contribution < 1.29 is 14.3 Å². The maximum Gasteiger partial charge on any atom is 0.310 e. The molecule has 0 unspecified atom stereocenters. The lowest BCUT2D eigenvalue weighted by molar-refractivity contribution is -0.142. The van der Waals surface area contributed by atoms with Crippen LogP contribution in [0.3, 0.4) is 0 Å². The zero-order valence-corrected chi connectivity index (χ0v) is 9.97. The van der Waals surface area contributed by atoms with E-state index in [-0.39, 0.29) is 12.2 Å². The number of hydrogen-bond acceptors (Lipinski definition) is 4. The van der Waals surface area contributed by atoms with Gasteiger partial charge in [0, 0.05) is 11.8 Å². The number of ether oxygens (including phenoxy) is 1. The van der Waals surface area contributed by atoms with Gasteiger partial charge in [-0.2, -0.15) is 0 Å². The van der Waals surface area contributed by atoms with Crippen molar-refractivity contribution in [3.63, 3.8) is 0 Å². The zero-order valence-electron chi connectivity index (χ0n) is 9.97. The summed E-state index contributed by atoms with van der Waals surface area (Å²) >= 11 is 0. The van der Waals surface area contributed by atoms with E-state index < -0.39 is 5.97 Å². The summed E-state index contributed by atoms with van der Waals surface area (Å²) in [5, 5.41) is 0. The Morgan fingerprint density at radius 3 is 2.71 bits per heavy atom. The van der Waals surface area contributed by atoms with Crippen LogP contribution in [0.15, 0.2) is 30.0 Å². The molecule has 0 saturated carbocycles. The lowest BCUT2D eigenvalue weighted by atomic mass is 10.1. The molecule has 0 bridgehead atoms. The second kappa shape index (κ2) is 6.58. The highest BCUT2D eigenvalue weighted by molar-refractivity contribution is 6.01. The fraction of sp³-hybridized carbons (Fsp3) is 0.308. The van der Waals surface area contributed by atoms with E-state index >= 15 is 0 Å². The van der Waals surface area contributed by atoms with E-state index in [0.717, 1.165) is 0 Å². The Morgan fingerprint density at radius 2 is 2.18 bits per heavy atom. The molecule has 4 nitrogen and oxygen atoms in total. The number of esters is 1. The predicted octanol–water partition coefficient (Wildman–Crippen LogP) is 2.01. The van der Waals surface area contributed by atoms with E-state index in [1.807, 2.05) is 6.07 Å². The molecule has 0 aromatic carbocycles. The Hall–Kier alpha value is -1.97. The van der Waals surface area contributed by atoms with Crippen LogP contribution in [-0.2, 0) is 14.3 Å². The summed E-state index contributed by atoms with van der Waals surface area (Å²) in [6, 6.07) is 5.38. The molecule has 1 heterocycles. The van der Waals surface area contributed by atoms with Crippen LogP contribution in [0.5, 0.6) is 0 Å². The molecule has 0 spiro atoms. The van der Waals surface area contributed by atoms with Gasteiger partial charge in [-0.15, -0.1) is 0 Å². The minimum absolute atomic E-state index is 0.0141. The topological polar surface area (TPSA) is 56.3 Å². The SMILES string of the molecule is CCOC(=O)CC(=Cc1ccccn1)C(C)=O. The Balaban J connectivity index is 2.83. The van der Waals surface area contributed by atoms with Crippen molar-refractivity contribution >= 4 is 17.8 Å². The first kappa shape index (κ1) is 13.1. The van der Waals surface area contributed by atoms with Gasteiger partial charge in [0.25, 0.3) is 0 Å². The van der Waals surface area contributed by atoms with Gasteiger partial charge < -0.3 is 4.74 Å².